The molecule has 0 spiro atoms. The first kappa shape index (κ1) is 29.9. The van der Waals surface area contributed by atoms with E-state index in [4.69, 9.17) is 9.26 Å². The number of thiazole rings is 1. The normalized spacial score (nSPS) is 22.2. The van der Waals surface area contributed by atoms with Crippen LogP contribution in [0.5, 0.6) is 0 Å². The number of aryl methyl sites for hydroxylation is 1. The van der Waals surface area contributed by atoms with E-state index in [-0.39, 0.29) is 43.1 Å². The topological polar surface area (TPSA) is 135 Å². The van der Waals surface area contributed by atoms with Crippen LogP contribution in [0.15, 0.2) is 34.3 Å². The van der Waals surface area contributed by atoms with E-state index in [2.05, 4.69) is 15.5 Å². The largest absolute Gasteiger partial charge is 0.461 e. The number of nitrogens with zero attached hydrogens (tertiary/aromatic N) is 3. The SMILES string of the molecule is CCOC(=O)c1noc2c1CCCC(C)(C)[C@H]2C(=O)N1C[C@H](O)C[C@H]1C(=O)N[C@@H](C)c1ccc(-c2scnc2C)cc1. The summed E-state index contributed by atoms with van der Waals surface area (Å²) in [4.78, 5) is 47.3. The molecule has 3 heterocycles. The number of hydrogen-bond acceptors (Lipinski definition) is 9. The number of benzene rings is 1. The number of fused-ring (bicyclic) bond motifs is 1. The van der Waals surface area contributed by atoms with E-state index in [9.17, 15) is 19.5 Å². The average molecular weight is 595 g/mol. The van der Waals surface area contributed by atoms with Gasteiger partial charge in [-0.15, -0.1) is 11.3 Å². The van der Waals surface area contributed by atoms with Crippen LogP contribution in [-0.4, -0.2) is 63.2 Å². The number of rotatable bonds is 7. The second-order valence-electron chi connectivity index (χ2n) is 11.9. The molecular weight excluding hydrogens is 556 g/mol. The molecule has 224 valence electrons. The fourth-order valence-electron chi connectivity index (χ4n) is 6.18. The van der Waals surface area contributed by atoms with Crippen LogP contribution in [-0.2, 0) is 20.7 Å². The van der Waals surface area contributed by atoms with Crippen molar-refractivity contribution < 1.29 is 28.8 Å². The lowest BCUT2D eigenvalue weighted by molar-refractivity contribution is -0.142. The van der Waals surface area contributed by atoms with Crippen LogP contribution in [0, 0.1) is 12.3 Å². The molecule has 2 N–H and O–H groups in total. The molecule has 0 radical (unpaired) electrons. The molecule has 42 heavy (non-hydrogen) atoms. The van der Waals surface area contributed by atoms with E-state index in [1.54, 1.807) is 18.3 Å². The number of carbonyl (C=O) groups excluding carboxylic acids is 3. The van der Waals surface area contributed by atoms with Gasteiger partial charge in [0, 0.05) is 18.5 Å². The van der Waals surface area contributed by atoms with Crippen molar-refractivity contribution in [2.75, 3.05) is 13.2 Å². The number of β-amino-alcohol motifs (C(OH)–C–C–N with tert-alkyl or cyclic N) is 1. The molecule has 3 aromatic rings. The molecule has 2 amide bonds. The molecule has 1 aliphatic carbocycles. The Morgan fingerprint density at radius 2 is 2.00 bits per heavy atom. The summed E-state index contributed by atoms with van der Waals surface area (Å²) in [6, 6.07) is 6.83. The van der Waals surface area contributed by atoms with Crippen molar-refractivity contribution in [2.45, 2.75) is 84.4 Å². The summed E-state index contributed by atoms with van der Waals surface area (Å²) in [7, 11) is 0. The van der Waals surface area contributed by atoms with Crippen LogP contribution in [0.1, 0.15) is 92.0 Å². The number of nitrogens with one attached hydrogen (secondary N) is 1. The van der Waals surface area contributed by atoms with Gasteiger partial charge < -0.3 is 24.6 Å². The Balaban J connectivity index is 1.36. The van der Waals surface area contributed by atoms with E-state index >= 15 is 0 Å². The van der Waals surface area contributed by atoms with E-state index in [0.717, 1.165) is 28.1 Å². The number of ether oxygens (including phenoxy) is 1. The summed E-state index contributed by atoms with van der Waals surface area (Å²) in [5.41, 5.74) is 4.94. The van der Waals surface area contributed by atoms with Crippen molar-refractivity contribution in [3.63, 3.8) is 0 Å². The summed E-state index contributed by atoms with van der Waals surface area (Å²) in [6.45, 7) is 9.80. The highest BCUT2D eigenvalue weighted by Gasteiger charge is 2.49. The smallest absolute Gasteiger partial charge is 0.360 e. The fourth-order valence-corrected chi connectivity index (χ4v) is 7.00. The van der Waals surface area contributed by atoms with Gasteiger partial charge in [0.1, 0.15) is 12.0 Å². The van der Waals surface area contributed by atoms with Crippen molar-refractivity contribution >= 4 is 29.1 Å². The lowest BCUT2D eigenvalue weighted by atomic mass is 9.74. The lowest BCUT2D eigenvalue weighted by Gasteiger charge is -2.35. The zero-order chi connectivity index (χ0) is 30.2. The first-order valence-corrected chi connectivity index (χ1v) is 15.3. The van der Waals surface area contributed by atoms with Crippen molar-refractivity contribution in [3.05, 3.63) is 58.1 Å². The average Bonchev–Trinajstić information content (AvgIpc) is 3.65. The molecule has 5 rings (SSSR count). The third-order valence-electron chi connectivity index (χ3n) is 8.47. The molecular formula is C31H38N4O6S. The van der Waals surface area contributed by atoms with Gasteiger partial charge in [-0.3, -0.25) is 9.59 Å². The van der Waals surface area contributed by atoms with Gasteiger partial charge in [-0.25, -0.2) is 9.78 Å². The van der Waals surface area contributed by atoms with Gasteiger partial charge in [0.25, 0.3) is 0 Å². The van der Waals surface area contributed by atoms with Crippen LogP contribution in [0.4, 0.5) is 0 Å². The Kier molecular flexibility index (Phi) is 8.52. The summed E-state index contributed by atoms with van der Waals surface area (Å²) in [5, 5.41) is 17.6. The predicted molar refractivity (Wildman–Crippen MR) is 157 cm³/mol. The van der Waals surface area contributed by atoms with E-state index in [0.29, 0.717) is 24.2 Å². The van der Waals surface area contributed by atoms with Gasteiger partial charge in [0.05, 0.1) is 34.8 Å². The Morgan fingerprint density at radius 1 is 1.26 bits per heavy atom. The molecule has 0 unspecified atom stereocenters. The Hall–Kier alpha value is -3.57. The van der Waals surface area contributed by atoms with Crippen LogP contribution in [0.2, 0.25) is 0 Å². The second kappa shape index (κ2) is 12.0. The molecule has 2 aromatic heterocycles. The highest BCUT2D eigenvalue weighted by atomic mass is 32.1. The quantitative estimate of drug-likeness (QED) is 0.300. The number of hydrogen-bond donors (Lipinski definition) is 2. The maximum atomic E-state index is 14.3. The Morgan fingerprint density at radius 3 is 2.67 bits per heavy atom. The Labute approximate surface area is 249 Å². The molecule has 1 saturated heterocycles. The Bertz CT molecular complexity index is 1460. The summed E-state index contributed by atoms with van der Waals surface area (Å²) in [6.07, 6.45) is 1.28. The second-order valence-corrected chi connectivity index (χ2v) is 12.7. The minimum Gasteiger partial charge on any atom is -0.461 e. The molecule has 11 heteroatoms. The van der Waals surface area contributed by atoms with Crippen LogP contribution >= 0.6 is 11.3 Å². The number of aliphatic hydroxyl groups is 1. The highest BCUT2D eigenvalue weighted by Crippen LogP contribution is 2.46. The summed E-state index contributed by atoms with van der Waals surface area (Å²) < 4.78 is 10.8. The number of aromatic nitrogens is 2. The predicted octanol–water partition coefficient (Wildman–Crippen LogP) is 4.57. The van der Waals surface area contributed by atoms with Gasteiger partial charge in [-0.2, -0.15) is 0 Å². The monoisotopic (exact) mass is 594 g/mol. The van der Waals surface area contributed by atoms with E-state index < -0.39 is 29.4 Å². The first-order chi connectivity index (χ1) is 20.0. The van der Waals surface area contributed by atoms with Gasteiger partial charge in [0.15, 0.2) is 11.5 Å². The molecule has 1 aliphatic heterocycles. The summed E-state index contributed by atoms with van der Waals surface area (Å²) >= 11 is 1.59. The van der Waals surface area contributed by atoms with Crippen molar-refractivity contribution in [3.8, 4) is 10.4 Å². The zero-order valence-corrected chi connectivity index (χ0v) is 25.5. The molecule has 1 fully saturated rings. The van der Waals surface area contributed by atoms with Crippen molar-refractivity contribution in [2.24, 2.45) is 5.41 Å². The van der Waals surface area contributed by atoms with Crippen LogP contribution < -0.4 is 5.32 Å². The lowest BCUT2D eigenvalue weighted by Crippen LogP contribution is -2.49. The third-order valence-corrected chi connectivity index (χ3v) is 9.45. The van der Waals surface area contributed by atoms with E-state index in [1.165, 1.54) is 4.90 Å². The molecule has 0 saturated carbocycles. The number of esters is 1. The zero-order valence-electron chi connectivity index (χ0n) is 24.7. The minimum absolute atomic E-state index is 0.0367. The molecule has 10 nitrogen and oxygen atoms in total. The minimum atomic E-state index is -0.844. The van der Waals surface area contributed by atoms with Crippen LogP contribution in [0.3, 0.4) is 0 Å². The van der Waals surface area contributed by atoms with Gasteiger partial charge in [0.2, 0.25) is 11.8 Å². The standard InChI is InChI=1S/C31H38N4O6S/c1-6-40-30(39)25-22-8-7-13-31(4,5)24(26(22)41-34-25)29(38)35-15-21(36)14-23(35)28(37)33-17(2)19-9-11-20(12-10-19)27-18(3)32-16-42-27/h9-12,16-17,21,23-24,36H,6-8,13-15H2,1-5H3,(H,33,37)/t17-,21+,23-,24+/m0/s1. The van der Waals surface area contributed by atoms with Gasteiger partial charge in [-0.05, 0) is 56.6 Å². The summed E-state index contributed by atoms with van der Waals surface area (Å²) in [5.74, 6) is -1.65. The van der Waals surface area contributed by atoms with Gasteiger partial charge in [-0.1, -0.05) is 43.3 Å². The van der Waals surface area contributed by atoms with Gasteiger partial charge >= 0.3 is 5.97 Å². The van der Waals surface area contributed by atoms with E-state index in [1.807, 2.05) is 57.5 Å². The number of amides is 2. The maximum Gasteiger partial charge on any atom is 0.360 e. The highest BCUT2D eigenvalue weighted by molar-refractivity contribution is 7.13. The fraction of sp³-hybridized carbons (Fsp3) is 0.516. The number of likely N-dealkylation sites (tertiary alicyclic amines) is 1. The third kappa shape index (κ3) is 5.72. The van der Waals surface area contributed by atoms with Crippen molar-refractivity contribution in [1.82, 2.24) is 20.4 Å². The molecule has 4 atom stereocenters. The number of carbonyl (C=O) groups is 3. The maximum absolute atomic E-state index is 14.3. The molecule has 1 aromatic carbocycles. The first-order valence-electron chi connectivity index (χ1n) is 14.5. The van der Waals surface area contributed by atoms with Crippen molar-refractivity contribution in [1.29, 1.82) is 0 Å². The molecule has 2 aliphatic rings. The van der Waals surface area contributed by atoms with Crippen LogP contribution in [0.25, 0.3) is 10.4 Å². The number of aliphatic hydroxyl groups excluding tert-OH is 1. The molecule has 0 bridgehead atoms.